The number of rotatable bonds is 3. The summed E-state index contributed by atoms with van der Waals surface area (Å²) in [4.78, 5) is 25.2. The van der Waals surface area contributed by atoms with E-state index >= 15 is 0 Å². The van der Waals surface area contributed by atoms with E-state index in [0.29, 0.717) is 19.4 Å². The van der Waals surface area contributed by atoms with E-state index in [1.807, 2.05) is 6.92 Å². The molecular formula is C21H36NO5+. The lowest BCUT2D eigenvalue weighted by molar-refractivity contribution is -0.404. The number of carbonyl (C=O) groups excluding carboxylic acids is 2. The fraction of sp³-hybridized carbons (Fsp3) is 0.905. The summed E-state index contributed by atoms with van der Waals surface area (Å²) in [6.45, 7) is 8.21. The molecule has 3 fully saturated rings. The van der Waals surface area contributed by atoms with Crippen molar-refractivity contribution in [1.29, 1.82) is 0 Å². The number of ether oxygens (including phenoxy) is 1. The smallest absolute Gasteiger partial charge is 0.332 e. The third-order valence-electron chi connectivity index (χ3n) is 8.87. The Morgan fingerprint density at radius 3 is 2.56 bits per heavy atom. The first kappa shape index (κ1) is 20.7. The minimum absolute atomic E-state index is 0.0120. The second kappa shape index (κ2) is 6.82. The molecule has 0 amide bonds. The number of carbonyl (C=O) groups is 2. The third-order valence-corrected chi connectivity index (χ3v) is 8.87. The van der Waals surface area contributed by atoms with Gasteiger partial charge in [-0.2, -0.15) is 0 Å². The van der Waals surface area contributed by atoms with Crippen LogP contribution in [0.3, 0.4) is 0 Å². The van der Waals surface area contributed by atoms with Crippen LogP contribution in [0.2, 0.25) is 0 Å². The lowest BCUT2D eigenvalue weighted by Crippen LogP contribution is -2.68. The number of hydrogen-bond donors (Lipinski definition) is 3. The molecule has 5 N–H and O–H groups in total. The summed E-state index contributed by atoms with van der Waals surface area (Å²) < 4.78 is 5.79. The minimum Gasteiger partial charge on any atom is -0.460 e. The van der Waals surface area contributed by atoms with Crippen LogP contribution in [-0.2, 0) is 14.3 Å². The summed E-state index contributed by atoms with van der Waals surface area (Å²) in [5, 5.41) is 20.6. The van der Waals surface area contributed by atoms with Gasteiger partial charge in [0, 0.05) is 23.2 Å². The lowest BCUT2D eigenvalue weighted by Gasteiger charge is -2.61. The first-order chi connectivity index (χ1) is 12.6. The molecule has 154 valence electrons. The van der Waals surface area contributed by atoms with Gasteiger partial charge in [0.15, 0.2) is 0 Å². The van der Waals surface area contributed by atoms with Crippen LogP contribution in [-0.4, -0.2) is 47.3 Å². The van der Waals surface area contributed by atoms with Crippen molar-refractivity contribution in [3.63, 3.8) is 0 Å². The molecular weight excluding hydrogens is 346 g/mol. The van der Waals surface area contributed by atoms with Crippen LogP contribution in [0.4, 0.5) is 0 Å². The second-order valence-electron chi connectivity index (χ2n) is 9.92. The van der Waals surface area contributed by atoms with Gasteiger partial charge in [0.25, 0.3) is 0 Å². The van der Waals surface area contributed by atoms with E-state index in [4.69, 9.17) is 4.74 Å². The third kappa shape index (κ3) is 2.78. The van der Waals surface area contributed by atoms with Crippen molar-refractivity contribution in [2.75, 3.05) is 13.2 Å². The Morgan fingerprint density at radius 2 is 1.96 bits per heavy atom. The van der Waals surface area contributed by atoms with Crippen LogP contribution in [0.5, 0.6) is 0 Å². The number of ketones is 1. The van der Waals surface area contributed by atoms with Gasteiger partial charge in [0.1, 0.15) is 18.5 Å². The standard InChI is InChI=1S/C21H35NO5/c1-12-5-7-21-8-6-14(24)17(21)20(12,4)15(27-16(25)10-23)9-19(3,11-22)18(26)13(21)2/h12-13,15,17-18,23,26H,5-11,22H2,1-4H3/p+1/t12-,13+,15-,17+,18+,19-,20+,21+/m1/s1. The van der Waals surface area contributed by atoms with E-state index in [-0.39, 0.29) is 29.0 Å². The Bertz CT molecular complexity index is 624. The highest BCUT2D eigenvalue weighted by atomic mass is 16.6. The van der Waals surface area contributed by atoms with E-state index in [1.165, 1.54) is 0 Å². The van der Waals surface area contributed by atoms with Crippen LogP contribution in [0.1, 0.15) is 59.8 Å². The summed E-state index contributed by atoms with van der Waals surface area (Å²) >= 11 is 0. The number of aliphatic hydroxyl groups excluding tert-OH is 2. The Kier molecular flexibility index (Phi) is 5.24. The van der Waals surface area contributed by atoms with Gasteiger partial charge in [-0.25, -0.2) is 4.79 Å². The zero-order valence-corrected chi connectivity index (χ0v) is 17.2. The number of aliphatic hydroxyl groups is 2. The van der Waals surface area contributed by atoms with Crippen molar-refractivity contribution in [1.82, 2.24) is 0 Å². The molecule has 3 aliphatic rings. The summed E-state index contributed by atoms with van der Waals surface area (Å²) in [6.07, 6.45) is 2.52. The van der Waals surface area contributed by atoms with Crippen LogP contribution in [0.15, 0.2) is 0 Å². The van der Waals surface area contributed by atoms with Crippen LogP contribution in [0.25, 0.3) is 0 Å². The molecule has 6 nitrogen and oxygen atoms in total. The van der Waals surface area contributed by atoms with Gasteiger partial charge in [-0.05, 0) is 42.9 Å². The van der Waals surface area contributed by atoms with Gasteiger partial charge in [-0.1, -0.05) is 27.7 Å². The molecule has 0 heterocycles. The molecule has 0 aromatic rings. The number of Topliss-reactive ketones (excluding diaryl/α,β-unsaturated/α-hetero) is 1. The SMILES string of the molecule is C[C@@H]1CC[C@@]23CCC(=O)[C@H]2[C@]1(C)[C@H](OC(=O)CO)C[C@](C)(C[NH3+])[C@@H](O)[C@@H]3C. The van der Waals surface area contributed by atoms with Crippen molar-refractivity contribution in [3.8, 4) is 0 Å². The number of quaternary nitrogens is 1. The van der Waals surface area contributed by atoms with E-state index in [2.05, 4.69) is 26.5 Å². The predicted octanol–water partition coefficient (Wildman–Crippen LogP) is 0.941. The Balaban J connectivity index is 2.19. The fourth-order valence-corrected chi connectivity index (χ4v) is 6.80. The lowest BCUT2D eigenvalue weighted by atomic mass is 9.44. The summed E-state index contributed by atoms with van der Waals surface area (Å²) in [5.41, 5.74) is 2.83. The monoisotopic (exact) mass is 382 g/mol. The van der Waals surface area contributed by atoms with E-state index in [0.717, 1.165) is 19.3 Å². The van der Waals surface area contributed by atoms with Crippen LogP contribution < -0.4 is 5.73 Å². The fourth-order valence-electron chi connectivity index (χ4n) is 6.80. The molecule has 0 radical (unpaired) electrons. The van der Waals surface area contributed by atoms with Gasteiger partial charge in [-0.3, -0.25) is 4.79 Å². The molecule has 2 bridgehead atoms. The van der Waals surface area contributed by atoms with Crippen molar-refractivity contribution < 1.29 is 30.3 Å². The average Bonchev–Trinajstić information content (AvgIpc) is 3.00. The van der Waals surface area contributed by atoms with Gasteiger partial charge in [0.2, 0.25) is 0 Å². The highest BCUT2D eigenvalue weighted by Crippen LogP contribution is 2.67. The zero-order chi connectivity index (χ0) is 20.2. The predicted molar refractivity (Wildman–Crippen MR) is 99.3 cm³/mol. The average molecular weight is 383 g/mol. The van der Waals surface area contributed by atoms with Crippen molar-refractivity contribution in [2.45, 2.75) is 72.0 Å². The summed E-state index contributed by atoms with van der Waals surface area (Å²) in [5.74, 6) is -0.437. The quantitative estimate of drug-likeness (QED) is 0.629. The molecule has 0 aromatic carbocycles. The molecule has 0 unspecified atom stereocenters. The molecule has 6 heteroatoms. The number of esters is 1. The van der Waals surface area contributed by atoms with E-state index in [9.17, 15) is 19.8 Å². The summed E-state index contributed by atoms with van der Waals surface area (Å²) in [7, 11) is 0. The Labute approximate surface area is 161 Å². The van der Waals surface area contributed by atoms with E-state index in [1.54, 1.807) is 0 Å². The van der Waals surface area contributed by atoms with E-state index < -0.39 is 35.6 Å². The van der Waals surface area contributed by atoms with Gasteiger partial charge in [0.05, 0.1) is 12.6 Å². The molecule has 3 aliphatic carbocycles. The molecule has 0 spiro atoms. The van der Waals surface area contributed by atoms with Crippen molar-refractivity contribution >= 4 is 11.8 Å². The summed E-state index contributed by atoms with van der Waals surface area (Å²) in [6, 6.07) is 0. The second-order valence-corrected chi connectivity index (χ2v) is 9.92. The maximum Gasteiger partial charge on any atom is 0.332 e. The molecule has 8 atom stereocenters. The Morgan fingerprint density at radius 1 is 1.30 bits per heavy atom. The number of hydrogen-bond acceptors (Lipinski definition) is 5. The maximum atomic E-state index is 13.1. The molecule has 0 aliphatic heterocycles. The largest absolute Gasteiger partial charge is 0.460 e. The topological polar surface area (TPSA) is 111 Å². The molecule has 3 saturated carbocycles. The molecule has 27 heavy (non-hydrogen) atoms. The van der Waals surface area contributed by atoms with Crippen LogP contribution >= 0.6 is 0 Å². The maximum absolute atomic E-state index is 13.1. The van der Waals surface area contributed by atoms with Crippen molar-refractivity contribution in [3.05, 3.63) is 0 Å². The molecule has 0 aromatic heterocycles. The van der Waals surface area contributed by atoms with Gasteiger partial charge in [-0.15, -0.1) is 0 Å². The Hall–Kier alpha value is -0.980. The highest BCUT2D eigenvalue weighted by molar-refractivity contribution is 5.85. The normalized spacial score (nSPS) is 49.9. The van der Waals surface area contributed by atoms with Gasteiger partial charge < -0.3 is 20.7 Å². The van der Waals surface area contributed by atoms with Crippen LogP contribution in [0, 0.1) is 34.0 Å². The minimum atomic E-state index is -0.676. The first-order valence-corrected chi connectivity index (χ1v) is 10.4. The zero-order valence-electron chi connectivity index (χ0n) is 17.2. The van der Waals surface area contributed by atoms with Gasteiger partial charge >= 0.3 is 5.97 Å². The highest BCUT2D eigenvalue weighted by Gasteiger charge is 2.68. The first-order valence-electron chi connectivity index (χ1n) is 10.4. The molecule has 0 saturated heterocycles. The van der Waals surface area contributed by atoms with Crippen molar-refractivity contribution in [2.24, 2.45) is 34.0 Å². The molecule has 3 rings (SSSR count).